The van der Waals surface area contributed by atoms with Crippen molar-refractivity contribution in [1.82, 2.24) is 5.32 Å². The van der Waals surface area contributed by atoms with Crippen molar-refractivity contribution in [2.75, 3.05) is 18.1 Å². The van der Waals surface area contributed by atoms with E-state index >= 15 is 0 Å². The predicted octanol–water partition coefficient (Wildman–Crippen LogP) is 10.7. The molecule has 0 aliphatic carbocycles. The fraction of sp³-hybridized carbons (Fsp3) is 0.900. The van der Waals surface area contributed by atoms with Crippen molar-refractivity contribution in [1.29, 1.82) is 0 Å². The van der Waals surface area contributed by atoms with Gasteiger partial charge in [-0.25, -0.2) is 4.79 Å². The van der Waals surface area contributed by atoms with Gasteiger partial charge in [-0.15, -0.1) is 0 Å². The average Bonchev–Trinajstić information content (AvgIpc) is 3.07. The number of ether oxygens (including phenoxy) is 2. The summed E-state index contributed by atoms with van der Waals surface area (Å²) in [4.78, 5) is 47.9. The Labute approximate surface area is 304 Å². The molecule has 0 aromatic carbocycles. The summed E-state index contributed by atoms with van der Waals surface area (Å²) in [6, 6.07) is -1.04. The second-order valence-corrected chi connectivity index (χ2v) is 15.0. The summed E-state index contributed by atoms with van der Waals surface area (Å²) in [5.41, 5.74) is 0. The number of rotatable bonds is 37. The van der Waals surface area contributed by atoms with Crippen LogP contribution in [-0.2, 0) is 28.7 Å². The van der Waals surface area contributed by atoms with Crippen molar-refractivity contribution in [3.8, 4) is 0 Å². The van der Waals surface area contributed by atoms with Gasteiger partial charge in [0.1, 0.15) is 18.8 Å². The van der Waals surface area contributed by atoms with Crippen LogP contribution in [0.2, 0.25) is 0 Å². The molecule has 0 aliphatic heterocycles. The second kappa shape index (κ2) is 36.0. The first-order chi connectivity index (χ1) is 23.8. The maximum atomic E-state index is 12.6. The summed E-state index contributed by atoms with van der Waals surface area (Å²) in [5.74, 6) is -1.77. The molecule has 0 bridgehead atoms. The summed E-state index contributed by atoms with van der Waals surface area (Å²) in [7, 11) is 0. The molecule has 2 N–H and O–H groups in total. The third-order valence-electron chi connectivity index (χ3n) is 8.96. The molecule has 2 unspecified atom stereocenters. The van der Waals surface area contributed by atoms with Gasteiger partial charge in [-0.05, 0) is 12.8 Å². The van der Waals surface area contributed by atoms with E-state index < -0.39 is 24.0 Å². The molecule has 0 rings (SSSR count). The van der Waals surface area contributed by atoms with E-state index in [2.05, 4.69) is 19.2 Å². The minimum atomic E-state index is -1.12. The van der Waals surface area contributed by atoms with Crippen molar-refractivity contribution in [2.45, 2.75) is 213 Å². The van der Waals surface area contributed by atoms with Crippen molar-refractivity contribution < 1.29 is 33.8 Å². The Hall–Kier alpha value is -1.77. The maximum Gasteiger partial charge on any atom is 0.327 e. The third-order valence-corrected chi connectivity index (χ3v) is 10.1. The summed E-state index contributed by atoms with van der Waals surface area (Å²) in [5, 5.41) is 11.8. The van der Waals surface area contributed by atoms with Crippen LogP contribution in [0, 0.1) is 0 Å². The summed E-state index contributed by atoms with van der Waals surface area (Å²) in [6.45, 7) is 5.73. The monoisotopic (exact) mass is 714 g/mol. The van der Waals surface area contributed by atoms with Gasteiger partial charge < -0.3 is 19.9 Å². The van der Waals surface area contributed by atoms with Crippen LogP contribution >= 0.6 is 11.8 Å². The highest BCUT2D eigenvalue weighted by Gasteiger charge is 2.22. The molecule has 2 atom stereocenters. The number of amides is 1. The minimum absolute atomic E-state index is 0.0491. The molecule has 0 aromatic heterocycles. The number of unbranched alkanes of at least 4 members (excludes halogenated alkanes) is 24. The van der Waals surface area contributed by atoms with Gasteiger partial charge in [-0.2, -0.15) is 11.8 Å². The van der Waals surface area contributed by atoms with Crippen molar-refractivity contribution in [2.24, 2.45) is 0 Å². The number of carbonyl (C=O) groups excluding carboxylic acids is 3. The van der Waals surface area contributed by atoms with E-state index in [4.69, 9.17) is 9.47 Å². The average molecular weight is 714 g/mol. The van der Waals surface area contributed by atoms with Crippen LogP contribution in [0.4, 0.5) is 0 Å². The first kappa shape index (κ1) is 47.2. The Bertz CT molecular complexity index is 809. The van der Waals surface area contributed by atoms with E-state index in [-0.39, 0.29) is 30.1 Å². The molecule has 9 heteroatoms. The van der Waals surface area contributed by atoms with Crippen LogP contribution < -0.4 is 5.32 Å². The van der Waals surface area contributed by atoms with Crippen LogP contribution in [0.3, 0.4) is 0 Å². The third kappa shape index (κ3) is 34.5. The molecule has 0 radical (unpaired) electrons. The van der Waals surface area contributed by atoms with Crippen LogP contribution in [-0.4, -0.2) is 59.2 Å². The van der Waals surface area contributed by atoms with Crippen LogP contribution in [0.1, 0.15) is 201 Å². The Morgan fingerprint density at radius 2 is 0.918 bits per heavy atom. The van der Waals surface area contributed by atoms with Crippen molar-refractivity contribution in [3.05, 3.63) is 0 Å². The quantitative estimate of drug-likeness (QED) is 0.0482. The molecule has 288 valence electrons. The van der Waals surface area contributed by atoms with E-state index in [9.17, 15) is 24.3 Å². The maximum absolute atomic E-state index is 12.6. The lowest BCUT2D eigenvalue weighted by molar-refractivity contribution is -0.157. The molecule has 8 nitrogen and oxygen atoms in total. The highest BCUT2D eigenvalue weighted by Crippen LogP contribution is 2.16. The summed E-state index contributed by atoms with van der Waals surface area (Å²) >= 11 is 1.25. The van der Waals surface area contributed by atoms with Gasteiger partial charge in [0, 0.05) is 31.3 Å². The zero-order valence-electron chi connectivity index (χ0n) is 31.9. The molecule has 0 aromatic rings. The van der Waals surface area contributed by atoms with Gasteiger partial charge in [0.2, 0.25) is 5.91 Å². The lowest BCUT2D eigenvalue weighted by Crippen LogP contribution is -2.41. The first-order valence-corrected chi connectivity index (χ1v) is 21.4. The number of hydrogen-bond donors (Lipinski definition) is 2. The highest BCUT2D eigenvalue weighted by molar-refractivity contribution is 7.99. The molecular weight excluding hydrogens is 639 g/mol. The number of aliphatic carboxylic acids is 1. The Balaban J connectivity index is 4.30. The predicted molar refractivity (Wildman–Crippen MR) is 204 cm³/mol. The molecule has 1 amide bonds. The van der Waals surface area contributed by atoms with Gasteiger partial charge in [-0.1, -0.05) is 168 Å². The molecule has 49 heavy (non-hydrogen) atoms. The molecular formula is C40H75NO7S. The zero-order valence-corrected chi connectivity index (χ0v) is 32.7. The normalized spacial score (nSPS) is 12.4. The van der Waals surface area contributed by atoms with E-state index in [0.29, 0.717) is 12.8 Å². The Morgan fingerprint density at radius 1 is 0.551 bits per heavy atom. The van der Waals surface area contributed by atoms with Crippen LogP contribution in [0.5, 0.6) is 0 Å². The second-order valence-electron chi connectivity index (χ2n) is 13.9. The largest absolute Gasteiger partial charge is 0.480 e. The SMILES string of the molecule is CCCCCCCCCCCCCCCC(=O)OCC(CSCC(NC(C)=O)C(=O)O)OC(=O)CCCCCCCCCCCCCCC. The Kier molecular flexibility index (Phi) is 34.7. The smallest absolute Gasteiger partial charge is 0.327 e. The van der Waals surface area contributed by atoms with E-state index in [1.807, 2.05) is 0 Å². The van der Waals surface area contributed by atoms with Crippen molar-refractivity contribution in [3.63, 3.8) is 0 Å². The van der Waals surface area contributed by atoms with Gasteiger partial charge >= 0.3 is 17.9 Å². The lowest BCUT2D eigenvalue weighted by atomic mass is 10.0. The van der Waals surface area contributed by atoms with E-state index in [0.717, 1.165) is 38.5 Å². The van der Waals surface area contributed by atoms with Gasteiger partial charge in [0.05, 0.1) is 0 Å². The molecule has 0 heterocycles. The molecule has 0 fully saturated rings. The first-order valence-electron chi connectivity index (χ1n) is 20.2. The van der Waals surface area contributed by atoms with Gasteiger partial charge in [0.25, 0.3) is 0 Å². The van der Waals surface area contributed by atoms with E-state index in [1.54, 1.807) is 0 Å². The molecule has 0 saturated carbocycles. The summed E-state index contributed by atoms with van der Waals surface area (Å²) < 4.78 is 11.2. The fourth-order valence-electron chi connectivity index (χ4n) is 5.93. The van der Waals surface area contributed by atoms with Gasteiger partial charge in [-0.3, -0.25) is 14.4 Å². The highest BCUT2D eigenvalue weighted by atomic mass is 32.2. The van der Waals surface area contributed by atoms with Crippen LogP contribution in [0.25, 0.3) is 0 Å². The van der Waals surface area contributed by atoms with Gasteiger partial charge in [0.15, 0.2) is 0 Å². The lowest BCUT2D eigenvalue weighted by Gasteiger charge is -2.19. The van der Waals surface area contributed by atoms with Crippen LogP contribution in [0.15, 0.2) is 0 Å². The van der Waals surface area contributed by atoms with Crippen molar-refractivity contribution >= 4 is 35.6 Å². The number of carboxylic acid groups (broad SMARTS) is 1. The minimum Gasteiger partial charge on any atom is -0.480 e. The number of hydrogen-bond acceptors (Lipinski definition) is 7. The molecule has 0 spiro atoms. The molecule has 0 saturated heterocycles. The number of carboxylic acids is 1. The number of thioether (sulfide) groups is 1. The Morgan fingerprint density at radius 3 is 1.29 bits per heavy atom. The molecule has 0 aliphatic rings. The fourth-order valence-corrected chi connectivity index (χ4v) is 6.96. The number of carbonyl (C=O) groups is 4. The zero-order chi connectivity index (χ0) is 36.2. The van der Waals surface area contributed by atoms with E-state index in [1.165, 1.54) is 147 Å². The number of esters is 2. The topological polar surface area (TPSA) is 119 Å². The summed E-state index contributed by atoms with van der Waals surface area (Å²) in [6.07, 6.45) is 32.1. The standard InChI is InChI=1S/C40H75NO7S/c1-4-6-8-10-12-14-16-18-20-22-24-26-28-30-38(43)47-32-36(33-49-34-37(40(45)46)41-35(3)42)48-39(44)31-29-27-25-23-21-19-17-15-13-11-9-7-5-2/h36-37H,4-34H2,1-3H3,(H,41,42)(H,45,46). The number of nitrogens with one attached hydrogen (secondary N) is 1.